The Morgan fingerprint density at radius 2 is 1.89 bits per heavy atom. The molecule has 28 heavy (non-hydrogen) atoms. The molecule has 0 aliphatic carbocycles. The van der Waals surface area contributed by atoms with Gasteiger partial charge in [0.25, 0.3) is 0 Å². The standard InChI is InChI=1S/C20H17ClN6O/c21-15-4-5-17(20-24-10-14(6-7-22)11-25-20)18(9-15)28-16-12-26-27(13-16)19-3-1-2-8-23-19/h1-5,8-13H,6-7,22H2. The Hall–Kier alpha value is -3.29. The molecule has 0 unspecified atom stereocenters. The zero-order chi connectivity index (χ0) is 19.3. The molecule has 4 rings (SSSR count). The van der Waals surface area contributed by atoms with Gasteiger partial charge in [-0.15, -0.1) is 0 Å². The third kappa shape index (κ3) is 4.00. The quantitative estimate of drug-likeness (QED) is 0.538. The highest BCUT2D eigenvalue weighted by atomic mass is 35.5. The normalized spacial score (nSPS) is 10.8. The molecular formula is C20H17ClN6O. The van der Waals surface area contributed by atoms with Crippen LogP contribution in [0.1, 0.15) is 5.56 Å². The van der Waals surface area contributed by atoms with Crippen molar-refractivity contribution in [1.29, 1.82) is 0 Å². The summed E-state index contributed by atoms with van der Waals surface area (Å²) >= 11 is 6.17. The fourth-order valence-corrected chi connectivity index (χ4v) is 2.82. The molecule has 0 aliphatic rings. The van der Waals surface area contributed by atoms with Crippen molar-refractivity contribution in [3.05, 3.63) is 78.0 Å². The first-order valence-electron chi connectivity index (χ1n) is 8.68. The average molecular weight is 393 g/mol. The number of hydrogen-bond donors (Lipinski definition) is 1. The molecule has 0 spiro atoms. The third-order valence-corrected chi connectivity index (χ3v) is 4.23. The Kier molecular flexibility index (Phi) is 5.27. The topological polar surface area (TPSA) is 91.7 Å². The number of hydrogen-bond acceptors (Lipinski definition) is 6. The number of halogens is 1. The lowest BCUT2D eigenvalue weighted by atomic mass is 10.1. The van der Waals surface area contributed by atoms with Crippen molar-refractivity contribution in [1.82, 2.24) is 24.7 Å². The van der Waals surface area contributed by atoms with E-state index in [2.05, 4.69) is 20.1 Å². The molecule has 0 atom stereocenters. The summed E-state index contributed by atoms with van der Waals surface area (Å²) in [4.78, 5) is 13.1. The molecule has 0 fully saturated rings. The molecule has 3 aromatic heterocycles. The fourth-order valence-electron chi connectivity index (χ4n) is 2.66. The van der Waals surface area contributed by atoms with E-state index in [1.165, 1.54) is 0 Å². The van der Waals surface area contributed by atoms with Crippen molar-refractivity contribution >= 4 is 11.6 Å². The van der Waals surface area contributed by atoms with Crippen molar-refractivity contribution in [3.8, 4) is 28.7 Å². The van der Waals surface area contributed by atoms with Crippen molar-refractivity contribution in [2.45, 2.75) is 6.42 Å². The number of benzene rings is 1. The first-order chi connectivity index (χ1) is 13.7. The SMILES string of the molecule is NCCc1cnc(-c2ccc(Cl)cc2Oc2cnn(-c3ccccn3)c2)nc1. The molecule has 0 saturated carbocycles. The lowest BCUT2D eigenvalue weighted by Gasteiger charge is -2.10. The van der Waals surface area contributed by atoms with Crippen molar-refractivity contribution < 1.29 is 4.74 Å². The summed E-state index contributed by atoms with van der Waals surface area (Å²) in [5.41, 5.74) is 7.29. The fraction of sp³-hybridized carbons (Fsp3) is 0.100. The van der Waals surface area contributed by atoms with E-state index in [1.54, 1.807) is 47.8 Å². The number of rotatable bonds is 6. The van der Waals surface area contributed by atoms with Crippen LogP contribution in [-0.2, 0) is 6.42 Å². The van der Waals surface area contributed by atoms with E-state index in [0.29, 0.717) is 34.7 Å². The molecular weight excluding hydrogens is 376 g/mol. The van der Waals surface area contributed by atoms with Crippen LogP contribution in [0.25, 0.3) is 17.2 Å². The highest BCUT2D eigenvalue weighted by Gasteiger charge is 2.13. The minimum Gasteiger partial charge on any atom is -0.453 e. The molecule has 0 radical (unpaired) electrons. The number of aromatic nitrogens is 5. The van der Waals surface area contributed by atoms with Crippen LogP contribution in [0, 0.1) is 0 Å². The van der Waals surface area contributed by atoms with Gasteiger partial charge in [-0.2, -0.15) is 5.10 Å². The van der Waals surface area contributed by atoms with Gasteiger partial charge in [-0.25, -0.2) is 19.6 Å². The zero-order valence-electron chi connectivity index (χ0n) is 14.9. The minimum absolute atomic E-state index is 0.541. The Bertz CT molecular complexity index is 1070. The molecule has 1 aromatic carbocycles. The molecule has 140 valence electrons. The van der Waals surface area contributed by atoms with Gasteiger partial charge >= 0.3 is 0 Å². The Labute approximate surface area is 166 Å². The second-order valence-electron chi connectivity index (χ2n) is 6.00. The van der Waals surface area contributed by atoms with E-state index in [1.807, 2.05) is 24.3 Å². The molecule has 0 aliphatic heterocycles. The van der Waals surface area contributed by atoms with E-state index in [9.17, 15) is 0 Å². The molecule has 4 aromatic rings. The average Bonchev–Trinajstić information content (AvgIpc) is 3.18. The minimum atomic E-state index is 0.541. The molecule has 8 heteroatoms. The van der Waals surface area contributed by atoms with E-state index >= 15 is 0 Å². The van der Waals surface area contributed by atoms with Crippen molar-refractivity contribution in [2.24, 2.45) is 5.73 Å². The maximum atomic E-state index is 6.17. The lowest BCUT2D eigenvalue weighted by molar-refractivity contribution is 0.484. The van der Waals surface area contributed by atoms with Gasteiger partial charge < -0.3 is 10.5 Å². The van der Waals surface area contributed by atoms with Gasteiger partial charge in [-0.05, 0) is 42.8 Å². The van der Waals surface area contributed by atoms with Crippen LogP contribution in [0.2, 0.25) is 5.02 Å². The summed E-state index contributed by atoms with van der Waals surface area (Å²) in [6.45, 7) is 0.554. The number of nitrogens with zero attached hydrogens (tertiary/aromatic N) is 5. The van der Waals surface area contributed by atoms with Gasteiger partial charge in [-0.3, -0.25) is 0 Å². The summed E-state index contributed by atoms with van der Waals surface area (Å²) in [7, 11) is 0. The van der Waals surface area contributed by atoms with Gasteiger partial charge in [0.15, 0.2) is 17.4 Å². The first kappa shape index (κ1) is 18.1. The van der Waals surface area contributed by atoms with Crippen molar-refractivity contribution in [3.63, 3.8) is 0 Å². The van der Waals surface area contributed by atoms with E-state index in [4.69, 9.17) is 22.1 Å². The monoisotopic (exact) mass is 392 g/mol. The smallest absolute Gasteiger partial charge is 0.165 e. The van der Waals surface area contributed by atoms with Crippen LogP contribution in [0.5, 0.6) is 11.5 Å². The Morgan fingerprint density at radius 3 is 2.64 bits per heavy atom. The van der Waals surface area contributed by atoms with Gasteiger partial charge in [0, 0.05) is 29.7 Å². The number of nitrogens with two attached hydrogens (primary N) is 1. The van der Waals surface area contributed by atoms with Crippen LogP contribution in [0.4, 0.5) is 0 Å². The summed E-state index contributed by atoms with van der Waals surface area (Å²) in [6, 6.07) is 10.9. The zero-order valence-corrected chi connectivity index (χ0v) is 15.6. The summed E-state index contributed by atoms with van der Waals surface area (Å²) in [5, 5.41) is 4.84. The lowest BCUT2D eigenvalue weighted by Crippen LogP contribution is -2.04. The predicted octanol–water partition coefficient (Wildman–Crippen LogP) is 3.67. The van der Waals surface area contributed by atoms with Crippen LogP contribution in [0.15, 0.2) is 67.4 Å². The molecule has 2 N–H and O–H groups in total. The second-order valence-corrected chi connectivity index (χ2v) is 6.44. The Morgan fingerprint density at radius 1 is 1.04 bits per heavy atom. The van der Waals surface area contributed by atoms with E-state index in [0.717, 1.165) is 17.5 Å². The highest BCUT2D eigenvalue weighted by Crippen LogP contribution is 2.34. The summed E-state index contributed by atoms with van der Waals surface area (Å²) in [6.07, 6.45) is 9.34. The van der Waals surface area contributed by atoms with Crippen LogP contribution >= 0.6 is 11.6 Å². The molecule has 3 heterocycles. The molecule has 0 amide bonds. The predicted molar refractivity (Wildman–Crippen MR) is 107 cm³/mol. The Balaban J connectivity index is 1.63. The van der Waals surface area contributed by atoms with Gasteiger partial charge in [0.2, 0.25) is 0 Å². The summed E-state index contributed by atoms with van der Waals surface area (Å²) in [5.74, 6) is 2.33. The maximum absolute atomic E-state index is 6.17. The van der Waals surface area contributed by atoms with E-state index in [-0.39, 0.29) is 0 Å². The molecule has 0 bridgehead atoms. The molecule has 7 nitrogen and oxygen atoms in total. The highest BCUT2D eigenvalue weighted by molar-refractivity contribution is 6.30. The van der Waals surface area contributed by atoms with Crippen LogP contribution in [0.3, 0.4) is 0 Å². The summed E-state index contributed by atoms with van der Waals surface area (Å²) < 4.78 is 7.67. The van der Waals surface area contributed by atoms with Gasteiger partial charge in [-0.1, -0.05) is 17.7 Å². The van der Waals surface area contributed by atoms with Crippen molar-refractivity contribution in [2.75, 3.05) is 6.54 Å². The first-order valence-corrected chi connectivity index (χ1v) is 9.05. The van der Waals surface area contributed by atoms with Gasteiger partial charge in [0.1, 0.15) is 5.75 Å². The second kappa shape index (κ2) is 8.16. The van der Waals surface area contributed by atoms with Crippen LogP contribution < -0.4 is 10.5 Å². The number of ether oxygens (including phenoxy) is 1. The largest absolute Gasteiger partial charge is 0.453 e. The third-order valence-electron chi connectivity index (χ3n) is 3.99. The number of pyridine rings is 1. The van der Waals surface area contributed by atoms with E-state index < -0.39 is 0 Å². The van der Waals surface area contributed by atoms with Crippen LogP contribution in [-0.4, -0.2) is 31.3 Å². The van der Waals surface area contributed by atoms with Gasteiger partial charge in [0.05, 0.1) is 18.0 Å². The maximum Gasteiger partial charge on any atom is 0.165 e. The molecule has 0 saturated heterocycles.